The Bertz CT molecular complexity index is 1170. The molecule has 1 aromatic heterocycles. The quantitative estimate of drug-likeness (QED) is 0.307. The van der Waals surface area contributed by atoms with Crippen LogP contribution in [0.4, 0.5) is 9.52 Å². The van der Waals surface area contributed by atoms with E-state index in [-0.39, 0.29) is 23.8 Å². The average Bonchev–Trinajstić information content (AvgIpc) is 3.33. The van der Waals surface area contributed by atoms with E-state index >= 15 is 0 Å². The molecule has 1 N–H and O–H groups in total. The maximum absolute atomic E-state index is 13.2. The fraction of sp³-hybridized carbons (Fsp3) is 0.250. The number of anilines is 1. The molecule has 0 spiro atoms. The summed E-state index contributed by atoms with van der Waals surface area (Å²) in [6, 6.07) is 26.3. The fourth-order valence-corrected chi connectivity index (χ4v) is 4.74. The average molecular weight is 489 g/mol. The number of hydrogen-bond donors (Lipinski definition) is 1. The van der Waals surface area contributed by atoms with Gasteiger partial charge in [0.1, 0.15) is 11.6 Å². The zero-order valence-electron chi connectivity index (χ0n) is 19.9. The molecule has 4 aromatic rings. The van der Waals surface area contributed by atoms with Gasteiger partial charge in [-0.2, -0.15) is 4.37 Å². The Labute approximate surface area is 209 Å². The van der Waals surface area contributed by atoms with Gasteiger partial charge in [0.15, 0.2) is 0 Å². The van der Waals surface area contributed by atoms with Gasteiger partial charge in [0.2, 0.25) is 11.0 Å². The molecule has 0 unspecified atom stereocenters. The molecule has 0 aliphatic rings. The molecule has 0 bridgehead atoms. The van der Waals surface area contributed by atoms with Gasteiger partial charge in [-0.15, -0.1) is 0 Å². The van der Waals surface area contributed by atoms with Crippen LogP contribution in [-0.4, -0.2) is 27.9 Å². The molecule has 1 heterocycles. The molecule has 1 amide bonds. The number of amides is 1. The molecule has 4 rings (SSSR count). The number of rotatable bonds is 10. The van der Waals surface area contributed by atoms with Crippen LogP contribution in [0.3, 0.4) is 0 Å². The van der Waals surface area contributed by atoms with Crippen LogP contribution in [-0.2, 0) is 11.2 Å². The van der Waals surface area contributed by atoms with Crippen molar-refractivity contribution in [1.82, 2.24) is 14.7 Å². The van der Waals surface area contributed by atoms with Crippen LogP contribution in [0.2, 0.25) is 0 Å². The van der Waals surface area contributed by atoms with E-state index in [0.29, 0.717) is 25.2 Å². The summed E-state index contributed by atoms with van der Waals surface area (Å²) in [6.45, 7) is 4.69. The summed E-state index contributed by atoms with van der Waals surface area (Å²) in [5.74, 6) is 0.413. The van der Waals surface area contributed by atoms with Gasteiger partial charge in [0.05, 0.1) is 6.04 Å². The Morgan fingerprint density at radius 3 is 2.11 bits per heavy atom. The normalized spacial score (nSPS) is 11.1. The molecule has 0 atom stereocenters. The van der Waals surface area contributed by atoms with E-state index in [2.05, 4.69) is 28.4 Å². The number of halogens is 1. The highest BCUT2D eigenvalue weighted by molar-refractivity contribution is 7.09. The second-order valence-electron chi connectivity index (χ2n) is 8.66. The standard InChI is InChI=1S/C28H29FN4OS/c1-20(2)33(28-30-25(32-35-28)19-21-13-15-24(29)16-14-21)18-17-26(34)31-27(22-9-5-3-6-10-22)23-11-7-4-8-12-23/h3-16,20,27H,17-19H2,1-2H3,(H,31,34). The Morgan fingerprint density at radius 1 is 0.943 bits per heavy atom. The summed E-state index contributed by atoms with van der Waals surface area (Å²) in [5, 5.41) is 3.99. The van der Waals surface area contributed by atoms with Gasteiger partial charge in [-0.05, 0) is 42.7 Å². The fourth-order valence-electron chi connectivity index (χ4n) is 3.90. The number of carbonyl (C=O) groups is 1. The molecule has 5 nitrogen and oxygen atoms in total. The van der Waals surface area contributed by atoms with Crippen LogP contribution in [0.25, 0.3) is 0 Å². The number of nitrogens with zero attached hydrogens (tertiary/aromatic N) is 3. The second-order valence-corrected chi connectivity index (χ2v) is 9.39. The Hall–Kier alpha value is -3.58. The van der Waals surface area contributed by atoms with Gasteiger partial charge in [0, 0.05) is 37.0 Å². The van der Waals surface area contributed by atoms with Crippen molar-refractivity contribution in [2.24, 2.45) is 0 Å². The van der Waals surface area contributed by atoms with Crippen molar-refractivity contribution in [3.63, 3.8) is 0 Å². The zero-order valence-corrected chi connectivity index (χ0v) is 20.7. The Kier molecular flexibility index (Phi) is 8.21. The lowest BCUT2D eigenvalue weighted by molar-refractivity contribution is -0.121. The van der Waals surface area contributed by atoms with Crippen LogP contribution in [0.1, 0.15) is 48.8 Å². The first-order valence-corrected chi connectivity index (χ1v) is 12.5. The van der Waals surface area contributed by atoms with Crippen molar-refractivity contribution in [3.05, 3.63) is 113 Å². The molecular formula is C28H29FN4OS. The van der Waals surface area contributed by atoms with Gasteiger partial charge in [-0.1, -0.05) is 72.8 Å². The first-order valence-electron chi connectivity index (χ1n) is 11.7. The third-order valence-corrected chi connectivity index (χ3v) is 6.54. The van der Waals surface area contributed by atoms with Crippen molar-refractivity contribution in [3.8, 4) is 0 Å². The first kappa shape index (κ1) is 24.5. The van der Waals surface area contributed by atoms with Crippen molar-refractivity contribution < 1.29 is 9.18 Å². The minimum atomic E-state index is -0.258. The molecule has 3 aromatic carbocycles. The highest BCUT2D eigenvalue weighted by Gasteiger charge is 2.20. The van der Waals surface area contributed by atoms with Crippen LogP contribution in [0, 0.1) is 5.82 Å². The lowest BCUT2D eigenvalue weighted by Crippen LogP contribution is -2.36. The van der Waals surface area contributed by atoms with E-state index in [0.717, 1.165) is 21.8 Å². The number of nitrogens with one attached hydrogen (secondary N) is 1. The molecule has 35 heavy (non-hydrogen) atoms. The van der Waals surface area contributed by atoms with E-state index in [1.165, 1.54) is 23.7 Å². The third kappa shape index (κ3) is 6.73. The van der Waals surface area contributed by atoms with Gasteiger partial charge in [-0.3, -0.25) is 4.79 Å². The molecular weight excluding hydrogens is 459 g/mol. The topological polar surface area (TPSA) is 58.1 Å². The molecule has 0 saturated heterocycles. The maximum atomic E-state index is 13.2. The maximum Gasteiger partial charge on any atom is 0.222 e. The van der Waals surface area contributed by atoms with E-state index in [4.69, 9.17) is 4.98 Å². The van der Waals surface area contributed by atoms with Gasteiger partial charge < -0.3 is 10.2 Å². The van der Waals surface area contributed by atoms with E-state index < -0.39 is 0 Å². The summed E-state index contributed by atoms with van der Waals surface area (Å²) in [4.78, 5) is 19.8. The molecule has 0 aliphatic carbocycles. The van der Waals surface area contributed by atoms with E-state index in [9.17, 15) is 9.18 Å². The number of benzene rings is 3. The lowest BCUT2D eigenvalue weighted by Gasteiger charge is -2.26. The van der Waals surface area contributed by atoms with Crippen molar-refractivity contribution in [1.29, 1.82) is 0 Å². The van der Waals surface area contributed by atoms with Crippen LogP contribution < -0.4 is 10.2 Å². The third-order valence-electron chi connectivity index (χ3n) is 5.75. The zero-order chi connectivity index (χ0) is 24.6. The highest BCUT2D eigenvalue weighted by Crippen LogP contribution is 2.24. The highest BCUT2D eigenvalue weighted by atomic mass is 32.1. The predicted molar refractivity (Wildman–Crippen MR) is 139 cm³/mol. The van der Waals surface area contributed by atoms with Crippen molar-refractivity contribution >= 4 is 22.6 Å². The van der Waals surface area contributed by atoms with Gasteiger partial charge in [0.25, 0.3) is 0 Å². The van der Waals surface area contributed by atoms with E-state index in [1.807, 2.05) is 60.7 Å². The molecule has 0 saturated carbocycles. The molecule has 180 valence electrons. The molecule has 0 aliphatic heterocycles. The van der Waals surface area contributed by atoms with Crippen molar-refractivity contribution in [2.75, 3.05) is 11.4 Å². The molecule has 0 fully saturated rings. The first-order chi connectivity index (χ1) is 17.0. The van der Waals surface area contributed by atoms with Gasteiger partial charge in [-0.25, -0.2) is 9.37 Å². The monoisotopic (exact) mass is 488 g/mol. The Morgan fingerprint density at radius 2 is 1.54 bits per heavy atom. The lowest BCUT2D eigenvalue weighted by atomic mass is 9.98. The number of aromatic nitrogens is 2. The summed E-state index contributed by atoms with van der Waals surface area (Å²) in [5.41, 5.74) is 3.05. The van der Waals surface area contributed by atoms with E-state index in [1.54, 1.807) is 12.1 Å². The van der Waals surface area contributed by atoms with Crippen molar-refractivity contribution in [2.45, 2.75) is 38.8 Å². The summed E-state index contributed by atoms with van der Waals surface area (Å²) in [7, 11) is 0. The molecule has 7 heteroatoms. The van der Waals surface area contributed by atoms with Crippen LogP contribution in [0.5, 0.6) is 0 Å². The minimum Gasteiger partial charge on any atom is -0.345 e. The smallest absolute Gasteiger partial charge is 0.222 e. The Balaban J connectivity index is 1.41. The van der Waals surface area contributed by atoms with Gasteiger partial charge >= 0.3 is 0 Å². The predicted octanol–water partition coefficient (Wildman–Crippen LogP) is 5.78. The SMILES string of the molecule is CC(C)N(CCC(=O)NC(c1ccccc1)c1ccccc1)c1nc(Cc2ccc(F)cc2)ns1. The number of carbonyl (C=O) groups excluding carboxylic acids is 1. The summed E-state index contributed by atoms with van der Waals surface area (Å²) < 4.78 is 17.7. The molecule has 0 radical (unpaired) electrons. The summed E-state index contributed by atoms with van der Waals surface area (Å²) >= 11 is 1.33. The minimum absolute atomic E-state index is 0.0237. The second kappa shape index (κ2) is 11.7. The van der Waals surface area contributed by atoms with Crippen LogP contribution >= 0.6 is 11.5 Å². The summed E-state index contributed by atoms with van der Waals surface area (Å²) in [6.07, 6.45) is 0.875. The number of hydrogen-bond acceptors (Lipinski definition) is 5. The largest absolute Gasteiger partial charge is 0.345 e. The van der Waals surface area contributed by atoms with Crippen LogP contribution in [0.15, 0.2) is 84.9 Å².